The molecule has 2 heteroatoms. The van der Waals surface area contributed by atoms with E-state index in [0.717, 1.165) is 21.5 Å². The van der Waals surface area contributed by atoms with Crippen LogP contribution in [0.2, 0.25) is 0 Å². The molecule has 0 amide bonds. The van der Waals surface area contributed by atoms with Gasteiger partial charge >= 0.3 is 0 Å². The van der Waals surface area contributed by atoms with Crippen LogP contribution in [0.5, 0.6) is 0 Å². The Hall–Kier alpha value is -1.12. The molecule has 3 rings (SSSR count). The van der Waals surface area contributed by atoms with E-state index in [1.54, 1.807) is 0 Å². The van der Waals surface area contributed by atoms with Gasteiger partial charge in [0.25, 0.3) is 0 Å². The van der Waals surface area contributed by atoms with Gasteiger partial charge in [-0.2, -0.15) is 0 Å². The second kappa shape index (κ2) is 5.71. The predicted octanol–water partition coefficient (Wildman–Crippen LogP) is 5.11. The van der Waals surface area contributed by atoms with Gasteiger partial charge in [0.15, 0.2) is 0 Å². The second-order valence-electron chi connectivity index (χ2n) is 5.72. The average Bonchev–Trinajstić information content (AvgIpc) is 2.37. The van der Waals surface area contributed by atoms with Crippen molar-refractivity contribution in [3.05, 3.63) is 69.2 Å². The van der Waals surface area contributed by atoms with Crippen molar-refractivity contribution in [2.24, 2.45) is 0 Å². The van der Waals surface area contributed by atoms with Gasteiger partial charge in [0, 0.05) is 4.47 Å². The summed E-state index contributed by atoms with van der Waals surface area (Å²) in [6.45, 7) is 2.05. The van der Waals surface area contributed by atoms with Crippen molar-refractivity contribution in [1.29, 1.82) is 0 Å². The molecule has 0 aliphatic heterocycles. The maximum absolute atomic E-state index is 10.5. The molecular weight excluding hydrogens is 312 g/mol. The van der Waals surface area contributed by atoms with Gasteiger partial charge in [-0.3, -0.25) is 0 Å². The Morgan fingerprint density at radius 1 is 1.10 bits per heavy atom. The van der Waals surface area contributed by atoms with Crippen LogP contribution < -0.4 is 0 Å². The van der Waals surface area contributed by atoms with Crippen LogP contribution in [0.4, 0.5) is 0 Å². The molecule has 1 aliphatic carbocycles. The average molecular weight is 331 g/mol. The number of hydrogen-bond donors (Lipinski definition) is 1. The Balaban J connectivity index is 1.84. The zero-order chi connectivity index (χ0) is 14.1. The summed E-state index contributed by atoms with van der Waals surface area (Å²) in [7, 11) is 0. The van der Waals surface area contributed by atoms with Gasteiger partial charge in [-0.1, -0.05) is 58.7 Å². The molecule has 2 aromatic carbocycles. The van der Waals surface area contributed by atoms with E-state index in [4.69, 9.17) is 0 Å². The minimum absolute atomic E-state index is 0.569. The number of benzene rings is 2. The summed E-state index contributed by atoms with van der Waals surface area (Å²) in [5, 5.41) is 10.5. The molecule has 20 heavy (non-hydrogen) atoms. The molecule has 1 fully saturated rings. The largest absolute Gasteiger partial charge is 0.384 e. The van der Waals surface area contributed by atoms with Crippen molar-refractivity contribution in [2.45, 2.75) is 38.2 Å². The highest BCUT2D eigenvalue weighted by molar-refractivity contribution is 9.10. The topological polar surface area (TPSA) is 20.2 Å². The monoisotopic (exact) mass is 330 g/mol. The lowest BCUT2D eigenvalue weighted by Gasteiger charge is -2.26. The molecule has 104 valence electrons. The molecule has 1 N–H and O–H groups in total. The van der Waals surface area contributed by atoms with E-state index >= 15 is 0 Å². The summed E-state index contributed by atoms with van der Waals surface area (Å²) in [5.74, 6) is 0.743. The number of rotatable bonds is 3. The highest BCUT2D eigenvalue weighted by Gasteiger charge is 2.20. The van der Waals surface area contributed by atoms with E-state index < -0.39 is 6.10 Å². The molecule has 1 unspecified atom stereocenters. The molecule has 0 aromatic heterocycles. The fourth-order valence-electron chi connectivity index (χ4n) is 2.73. The maximum atomic E-state index is 10.5. The third kappa shape index (κ3) is 2.68. The quantitative estimate of drug-likeness (QED) is 0.829. The van der Waals surface area contributed by atoms with E-state index in [9.17, 15) is 5.11 Å². The minimum Gasteiger partial charge on any atom is -0.384 e. The van der Waals surface area contributed by atoms with Crippen LogP contribution >= 0.6 is 15.9 Å². The van der Waals surface area contributed by atoms with Crippen LogP contribution in [-0.2, 0) is 0 Å². The van der Waals surface area contributed by atoms with Crippen LogP contribution in [0.15, 0.2) is 46.9 Å². The lowest BCUT2D eigenvalue weighted by molar-refractivity contribution is 0.219. The molecule has 0 saturated heterocycles. The normalized spacial score (nSPS) is 16.8. The summed E-state index contributed by atoms with van der Waals surface area (Å²) in [6, 6.07) is 14.5. The smallest absolute Gasteiger partial charge is 0.105 e. The third-order valence-corrected chi connectivity index (χ3v) is 4.97. The van der Waals surface area contributed by atoms with Gasteiger partial charge in [-0.05, 0) is 54.0 Å². The van der Waals surface area contributed by atoms with Crippen LogP contribution in [0.25, 0.3) is 0 Å². The molecule has 0 bridgehead atoms. The summed E-state index contributed by atoms with van der Waals surface area (Å²) in [5.41, 5.74) is 4.48. The highest BCUT2D eigenvalue weighted by atomic mass is 79.9. The van der Waals surface area contributed by atoms with Crippen molar-refractivity contribution in [1.82, 2.24) is 0 Å². The number of aliphatic hydroxyl groups is 1. The van der Waals surface area contributed by atoms with Gasteiger partial charge in [0.05, 0.1) is 0 Å². The number of aliphatic hydroxyl groups excluding tert-OH is 1. The van der Waals surface area contributed by atoms with Crippen molar-refractivity contribution in [3.63, 3.8) is 0 Å². The van der Waals surface area contributed by atoms with Crippen molar-refractivity contribution in [2.75, 3.05) is 0 Å². The summed E-state index contributed by atoms with van der Waals surface area (Å²) >= 11 is 3.54. The molecule has 1 aliphatic rings. The van der Waals surface area contributed by atoms with E-state index in [1.165, 1.54) is 30.4 Å². The van der Waals surface area contributed by atoms with E-state index in [0.29, 0.717) is 0 Å². The molecule has 2 aromatic rings. The first-order valence-electron chi connectivity index (χ1n) is 7.19. The predicted molar refractivity (Wildman–Crippen MR) is 86.0 cm³/mol. The Labute approximate surface area is 128 Å². The van der Waals surface area contributed by atoms with Gasteiger partial charge < -0.3 is 5.11 Å². The van der Waals surface area contributed by atoms with Crippen LogP contribution in [-0.4, -0.2) is 5.11 Å². The number of hydrogen-bond acceptors (Lipinski definition) is 1. The first-order valence-corrected chi connectivity index (χ1v) is 7.98. The molecular formula is C18H19BrO. The minimum atomic E-state index is -0.569. The lowest BCUT2D eigenvalue weighted by atomic mass is 9.80. The first kappa shape index (κ1) is 13.8. The summed E-state index contributed by atoms with van der Waals surface area (Å²) in [6.07, 6.45) is 3.41. The van der Waals surface area contributed by atoms with Gasteiger partial charge in [0.1, 0.15) is 6.10 Å². The molecule has 1 nitrogen and oxygen atoms in total. The van der Waals surface area contributed by atoms with Crippen molar-refractivity contribution < 1.29 is 5.11 Å². The molecule has 1 atom stereocenters. The number of aryl methyl sites for hydroxylation is 1. The Morgan fingerprint density at radius 2 is 1.80 bits per heavy atom. The van der Waals surface area contributed by atoms with Crippen LogP contribution in [0.3, 0.4) is 0 Å². The van der Waals surface area contributed by atoms with E-state index in [2.05, 4.69) is 40.2 Å². The Bertz CT molecular complexity index is 599. The fourth-order valence-corrected chi connectivity index (χ4v) is 3.44. The van der Waals surface area contributed by atoms with Gasteiger partial charge in [0.2, 0.25) is 0 Å². The van der Waals surface area contributed by atoms with Crippen LogP contribution in [0.1, 0.15) is 53.5 Å². The van der Waals surface area contributed by atoms with E-state index in [1.807, 2.05) is 25.1 Å². The van der Waals surface area contributed by atoms with Crippen LogP contribution in [0, 0.1) is 6.92 Å². The number of halogens is 1. The Kier molecular flexibility index (Phi) is 3.95. The zero-order valence-corrected chi connectivity index (χ0v) is 13.2. The highest BCUT2D eigenvalue weighted by Crippen LogP contribution is 2.37. The third-order valence-electron chi connectivity index (χ3n) is 4.28. The SMILES string of the molecule is Cc1ccc(C(O)c2ccc(C3CCC3)cc2)c(Br)c1. The van der Waals surface area contributed by atoms with Crippen molar-refractivity contribution >= 4 is 15.9 Å². The molecule has 0 radical (unpaired) electrons. The Morgan fingerprint density at radius 3 is 2.35 bits per heavy atom. The van der Waals surface area contributed by atoms with Gasteiger partial charge in [-0.25, -0.2) is 0 Å². The lowest BCUT2D eigenvalue weighted by Crippen LogP contribution is -2.09. The summed E-state index contributed by atoms with van der Waals surface area (Å²) in [4.78, 5) is 0. The summed E-state index contributed by atoms with van der Waals surface area (Å²) < 4.78 is 0.966. The molecule has 1 saturated carbocycles. The zero-order valence-electron chi connectivity index (χ0n) is 11.6. The first-order chi connectivity index (χ1) is 9.65. The second-order valence-corrected chi connectivity index (χ2v) is 6.58. The van der Waals surface area contributed by atoms with E-state index in [-0.39, 0.29) is 0 Å². The molecule has 0 spiro atoms. The fraction of sp³-hybridized carbons (Fsp3) is 0.333. The maximum Gasteiger partial charge on any atom is 0.105 e. The standard InChI is InChI=1S/C18H19BrO/c1-12-5-10-16(17(19)11-12)18(20)15-8-6-14(7-9-15)13-3-2-4-13/h5-11,13,18,20H,2-4H2,1H3. The van der Waals surface area contributed by atoms with Gasteiger partial charge in [-0.15, -0.1) is 0 Å². The van der Waals surface area contributed by atoms with Crippen molar-refractivity contribution in [3.8, 4) is 0 Å². The molecule has 0 heterocycles.